The van der Waals surface area contributed by atoms with E-state index in [1.54, 1.807) is 0 Å². The molecule has 2 N–H and O–H groups in total. The number of carbonyl (C=O) groups is 1. The second-order valence-corrected chi connectivity index (χ2v) is 3.85. The third kappa shape index (κ3) is 1.50. The molecule has 17 heavy (non-hydrogen) atoms. The number of hydrogen-bond acceptors (Lipinski definition) is 4. The summed E-state index contributed by atoms with van der Waals surface area (Å²) in [4.78, 5) is 12.8. The van der Waals surface area contributed by atoms with Crippen molar-refractivity contribution < 1.29 is 23.0 Å². The Balaban J connectivity index is 1.89. The van der Waals surface area contributed by atoms with Crippen LogP contribution >= 0.6 is 0 Å². The van der Waals surface area contributed by atoms with Gasteiger partial charge < -0.3 is 20.1 Å². The standard InChI is InChI=1S/C10H8F2N2O3/c11-10(12)16-7-2-1-5(3-8(7)17-10)14-4-6(13)9(14)15/h1-3,6H,4,13H2. The lowest BCUT2D eigenvalue weighted by Gasteiger charge is -2.36. The Hall–Kier alpha value is -1.89. The molecule has 0 radical (unpaired) electrons. The molecule has 0 aromatic heterocycles. The molecule has 2 aliphatic rings. The topological polar surface area (TPSA) is 64.8 Å². The SMILES string of the molecule is NC1CN(c2ccc3c(c2)OC(F)(F)O3)C1=O. The number of fused-ring (bicyclic) bond motifs is 1. The van der Waals surface area contributed by atoms with Crippen LogP contribution < -0.4 is 20.1 Å². The normalized spacial score (nSPS) is 24.8. The van der Waals surface area contributed by atoms with Gasteiger partial charge in [-0.25, -0.2) is 0 Å². The van der Waals surface area contributed by atoms with Crippen molar-refractivity contribution in [3.05, 3.63) is 18.2 Å². The second kappa shape index (κ2) is 3.07. The molecule has 3 rings (SSSR count). The van der Waals surface area contributed by atoms with Crippen molar-refractivity contribution in [1.82, 2.24) is 0 Å². The van der Waals surface area contributed by atoms with E-state index in [1.165, 1.54) is 23.1 Å². The molecule has 1 atom stereocenters. The van der Waals surface area contributed by atoms with E-state index >= 15 is 0 Å². The Kier molecular flexibility index (Phi) is 1.86. The number of nitrogens with zero attached hydrogens (tertiary/aromatic N) is 1. The van der Waals surface area contributed by atoms with Gasteiger partial charge in [0.05, 0.1) is 6.54 Å². The minimum atomic E-state index is -3.64. The molecule has 1 saturated heterocycles. The third-order valence-electron chi connectivity index (χ3n) is 2.66. The number of halogens is 2. The van der Waals surface area contributed by atoms with Crippen molar-refractivity contribution in [3.63, 3.8) is 0 Å². The first-order valence-electron chi connectivity index (χ1n) is 4.93. The molecule has 0 saturated carbocycles. The predicted octanol–water partition coefficient (Wildman–Crippen LogP) is 0.682. The van der Waals surface area contributed by atoms with Crippen LogP contribution in [0.25, 0.3) is 0 Å². The number of alkyl halides is 2. The van der Waals surface area contributed by atoms with Gasteiger partial charge in [0.1, 0.15) is 6.04 Å². The Labute approximate surface area is 94.7 Å². The Morgan fingerprint density at radius 1 is 1.35 bits per heavy atom. The average molecular weight is 242 g/mol. The maximum absolute atomic E-state index is 12.8. The average Bonchev–Trinajstić information content (AvgIpc) is 2.58. The van der Waals surface area contributed by atoms with E-state index in [2.05, 4.69) is 9.47 Å². The number of anilines is 1. The number of amides is 1. The second-order valence-electron chi connectivity index (χ2n) is 3.85. The lowest BCUT2D eigenvalue weighted by Crippen LogP contribution is -2.61. The highest BCUT2D eigenvalue weighted by Crippen LogP contribution is 2.43. The summed E-state index contributed by atoms with van der Waals surface area (Å²) >= 11 is 0. The van der Waals surface area contributed by atoms with Gasteiger partial charge in [-0.05, 0) is 12.1 Å². The minimum absolute atomic E-state index is 0.0454. The fourth-order valence-corrected chi connectivity index (χ4v) is 1.79. The van der Waals surface area contributed by atoms with E-state index in [9.17, 15) is 13.6 Å². The molecular weight excluding hydrogens is 234 g/mol. The van der Waals surface area contributed by atoms with Crippen molar-refractivity contribution in [2.75, 3.05) is 11.4 Å². The van der Waals surface area contributed by atoms with Gasteiger partial charge in [0.2, 0.25) is 5.91 Å². The lowest BCUT2D eigenvalue weighted by molar-refractivity contribution is -0.286. The van der Waals surface area contributed by atoms with Crippen LogP contribution in [0.5, 0.6) is 11.5 Å². The van der Waals surface area contributed by atoms with Crippen molar-refractivity contribution in [3.8, 4) is 11.5 Å². The van der Waals surface area contributed by atoms with Crippen LogP contribution in [0.3, 0.4) is 0 Å². The first-order chi connectivity index (χ1) is 7.96. The van der Waals surface area contributed by atoms with E-state index < -0.39 is 12.3 Å². The molecule has 0 bridgehead atoms. The van der Waals surface area contributed by atoms with Gasteiger partial charge in [-0.15, -0.1) is 8.78 Å². The summed E-state index contributed by atoms with van der Waals surface area (Å²) in [5.74, 6) is -0.368. The van der Waals surface area contributed by atoms with Crippen LogP contribution in [0, 0.1) is 0 Å². The number of rotatable bonds is 1. The van der Waals surface area contributed by atoms with E-state index in [0.29, 0.717) is 12.2 Å². The van der Waals surface area contributed by atoms with E-state index in [-0.39, 0.29) is 17.4 Å². The molecule has 2 aliphatic heterocycles. The minimum Gasteiger partial charge on any atom is -0.395 e. The number of benzene rings is 1. The van der Waals surface area contributed by atoms with Crippen molar-refractivity contribution in [2.45, 2.75) is 12.3 Å². The fourth-order valence-electron chi connectivity index (χ4n) is 1.79. The number of carbonyl (C=O) groups excluding carboxylic acids is 1. The van der Waals surface area contributed by atoms with Gasteiger partial charge in [-0.2, -0.15) is 0 Å². The first kappa shape index (κ1) is 10.3. The van der Waals surface area contributed by atoms with Gasteiger partial charge in [-0.1, -0.05) is 0 Å². The van der Waals surface area contributed by atoms with Crippen LogP contribution in [-0.4, -0.2) is 24.8 Å². The van der Waals surface area contributed by atoms with Gasteiger partial charge >= 0.3 is 6.29 Å². The number of nitrogens with two attached hydrogens (primary N) is 1. The van der Waals surface area contributed by atoms with Crippen LogP contribution in [0.15, 0.2) is 18.2 Å². The highest BCUT2D eigenvalue weighted by molar-refractivity contribution is 6.04. The summed E-state index contributed by atoms with van der Waals surface area (Å²) in [6.07, 6.45) is -3.64. The monoisotopic (exact) mass is 242 g/mol. The van der Waals surface area contributed by atoms with Gasteiger partial charge in [-0.3, -0.25) is 4.79 Å². The van der Waals surface area contributed by atoms with Crippen molar-refractivity contribution in [2.24, 2.45) is 5.73 Å². The number of ether oxygens (including phenoxy) is 2. The maximum Gasteiger partial charge on any atom is 0.586 e. The summed E-state index contributed by atoms with van der Waals surface area (Å²) in [7, 11) is 0. The highest BCUT2D eigenvalue weighted by atomic mass is 19.3. The van der Waals surface area contributed by atoms with Gasteiger partial charge in [0.15, 0.2) is 11.5 Å². The molecular formula is C10H8F2N2O3. The summed E-state index contributed by atoms with van der Waals surface area (Å²) in [6.45, 7) is 0.370. The van der Waals surface area contributed by atoms with Crippen molar-refractivity contribution >= 4 is 11.6 Å². The zero-order chi connectivity index (χ0) is 12.2. The van der Waals surface area contributed by atoms with Crippen LogP contribution in [0.1, 0.15) is 0 Å². The summed E-state index contributed by atoms with van der Waals surface area (Å²) in [5, 5.41) is 0. The molecule has 1 aromatic rings. The quantitative estimate of drug-likeness (QED) is 0.735. The first-order valence-corrected chi connectivity index (χ1v) is 4.93. The zero-order valence-electron chi connectivity index (χ0n) is 8.52. The van der Waals surface area contributed by atoms with E-state index in [1.807, 2.05) is 0 Å². The molecule has 1 fully saturated rings. The molecule has 1 aromatic carbocycles. The van der Waals surface area contributed by atoms with Crippen LogP contribution in [0.4, 0.5) is 14.5 Å². The lowest BCUT2D eigenvalue weighted by atomic mass is 10.1. The molecule has 7 heteroatoms. The smallest absolute Gasteiger partial charge is 0.395 e. The largest absolute Gasteiger partial charge is 0.586 e. The van der Waals surface area contributed by atoms with E-state index in [4.69, 9.17) is 5.73 Å². The summed E-state index contributed by atoms with van der Waals surface area (Å²) in [6, 6.07) is 3.66. The maximum atomic E-state index is 12.8. The molecule has 1 amide bonds. The molecule has 0 spiro atoms. The molecule has 5 nitrogen and oxygen atoms in total. The molecule has 0 aliphatic carbocycles. The van der Waals surface area contributed by atoms with Gasteiger partial charge in [0.25, 0.3) is 0 Å². The zero-order valence-corrected chi connectivity index (χ0v) is 8.52. The van der Waals surface area contributed by atoms with Crippen LogP contribution in [0.2, 0.25) is 0 Å². The summed E-state index contributed by atoms with van der Waals surface area (Å²) < 4.78 is 34.1. The van der Waals surface area contributed by atoms with E-state index in [0.717, 1.165) is 0 Å². The Bertz CT molecular complexity index is 506. The molecule has 90 valence electrons. The third-order valence-corrected chi connectivity index (χ3v) is 2.66. The highest BCUT2D eigenvalue weighted by Gasteiger charge is 2.44. The predicted molar refractivity (Wildman–Crippen MR) is 53.0 cm³/mol. The van der Waals surface area contributed by atoms with Crippen LogP contribution in [-0.2, 0) is 4.79 Å². The number of β-lactam (4-membered cyclic amide) rings is 1. The Morgan fingerprint density at radius 2 is 2.06 bits per heavy atom. The summed E-state index contributed by atoms with van der Waals surface area (Å²) in [5.41, 5.74) is 5.91. The Morgan fingerprint density at radius 3 is 2.71 bits per heavy atom. The molecule has 2 heterocycles. The fraction of sp³-hybridized carbons (Fsp3) is 0.300. The van der Waals surface area contributed by atoms with Gasteiger partial charge in [0, 0.05) is 11.8 Å². The molecule has 1 unspecified atom stereocenters. The van der Waals surface area contributed by atoms with Crippen molar-refractivity contribution in [1.29, 1.82) is 0 Å². The number of hydrogen-bond donors (Lipinski definition) is 1.